The molecule has 6 aromatic heterocycles. The van der Waals surface area contributed by atoms with Crippen LogP contribution in [0.15, 0.2) is 173 Å². The van der Waals surface area contributed by atoms with E-state index in [2.05, 4.69) is 83.2 Å². The van der Waals surface area contributed by atoms with Gasteiger partial charge in [0.1, 0.15) is 63.9 Å². The summed E-state index contributed by atoms with van der Waals surface area (Å²) >= 11 is 18.6. The Kier molecular flexibility index (Phi) is 27.3. The fraction of sp³-hybridized carbons (Fsp3) is 0.313. The Hall–Kier alpha value is -8.55. The molecule has 0 saturated heterocycles. The number of phenols is 2. The van der Waals surface area contributed by atoms with E-state index >= 15 is 0 Å². The van der Waals surface area contributed by atoms with Gasteiger partial charge >= 0.3 is 128 Å². The van der Waals surface area contributed by atoms with Crippen molar-refractivity contribution < 1.29 is 55.7 Å². The summed E-state index contributed by atoms with van der Waals surface area (Å²) in [5.41, 5.74) is 8.60. The minimum Gasteiger partial charge on any atom is -0.508 e. The van der Waals surface area contributed by atoms with Gasteiger partial charge in [0.05, 0.1) is 59.6 Å². The van der Waals surface area contributed by atoms with Gasteiger partial charge in [0, 0.05) is 73.3 Å². The van der Waals surface area contributed by atoms with Gasteiger partial charge in [0.2, 0.25) is 11.5 Å². The van der Waals surface area contributed by atoms with Crippen molar-refractivity contribution in [3.63, 3.8) is 0 Å². The van der Waals surface area contributed by atoms with Crippen LogP contribution < -0.4 is 22.7 Å². The Morgan fingerprint density at radius 1 is 0.476 bits per heavy atom. The van der Waals surface area contributed by atoms with E-state index in [0.29, 0.717) is 88.3 Å². The maximum absolute atomic E-state index is 9.93. The molecule has 0 atom stereocenters. The number of phenolic OH excluding ortho intramolecular Hbond substituents is 2. The Labute approximate surface area is 634 Å². The number of halogens is 4. The molecule has 6 heterocycles. The average Bonchev–Trinajstić information content (AvgIpc) is 1.61. The monoisotopic (exact) mass is 1670 g/mol. The Balaban J connectivity index is 0.000000153. The van der Waals surface area contributed by atoms with E-state index in [1.807, 2.05) is 72.8 Å². The number of furan rings is 6. The summed E-state index contributed by atoms with van der Waals surface area (Å²) in [5, 5.41) is 51.0. The van der Waals surface area contributed by atoms with Gasteiger partial charge in [-0.15, -0.1) is 0 Å². The molecule has 1 aliphatic rings. The molecule has 0 aliphatic heterocycles. The van der Waals surface area contributed by atoms with Crippen LogP contribution >= 0.6 is 57.4 Å². The Morgan fingerprint density at radius 3 is 1.29 bits per heavy atom. The van der Waals surface area contributed by atoms with Crippen LogP contribution in [0.5, 0.6) is 34.5 Å². The molecule has 20 heteroatoms. The maximum atomic E-state index is 9.93. The van der Waals surface area contributed by atoms with Crippen LogP contribution in [0.4, 0.5) is 0 Å². The molecule has 12 aromatic rings. The third kappa shape index (κ3) is 18.7. The normalized spacial score (nSPS) is 12.8. The summed E-state index contributed by atoms with van der Waals surface area (Å²) < 4.78 is 61.7. The number of nitrogens with zero attached hydrogens (tertiary/aromatic N) is 3. The molecule has 0 amide bonds. The van der Waals surface area contributed by atoms with E-state index in [1.165, 1.54) is 114 Å². The maximum Gasteiger partial charge on any atom is 0.211 e. The number of fused-ring (bicyclic) bond motifs is 3. The number of methoxy groups -OCH3 is 4. The first kappa shape index (κ1) is 78.6. The molecular weight excluding hydrogens is 1580 g/mol. The molecule has 0 radical (unpaired) electrons. The van der Waals surface area contributed by atoms with Crippen molar-refractivity contribution in [2.24, 2.45) is 10.8 Å². The van der Waals surface area contributed by atoms with Crippen LogP contribution in [-0.2, 0) is 0 Å². The molecule has 1 fully saturated rings. The van der Waals surface area contributed by atoms with E-state index < -0.39 is 18.4 Å². The van der Waals surface area contributed by atoms with E-state index in [1.54, 1.807) is 71.1 Å². The second-order valence-corrected chi connectivity index (χ2v) is 42.1. The largest absolute Gasteiger partial charge is 0.508 e. The summed E-state index contributed by atoms with van der Waals surface area (Å²) in [5.74, 6) is 5.13. The van der Waals surface area contributed by atoms with Crippen molar-refractivity contribution in [3.8, 4) is 109 Å². The summed E-state index contributed by atoms with van der Waals surface area (Å²) in [4.78, 5) is 0. The zero-order chi connectivity index (χ0) is 74.2. The van der Waals surface area contributed by atoms with Gasteiger partial charge in [-0.2, -0.15) is 10.5 Å². The predicted molar refractivity (Wildman–Crippen MR) is 421 cm³/mol. The fourth-order valence-corrected chi connectivity index (χ4v) is 31.0. The van der Waals surface area contributed by atoms with Crippen molar-refractivity contribution in [2.45, 2.75) is 126 Å². The van der Waals surface area contributed by atoms with E-state index in [-0.39, 0.29) is 28.0 Å². The summed E-state index contributed by atoms with van der Waals surface area (Å²) in [6.07, 6.45) is 18.0. The molecule has 1 saturated carbocycles. The van der Waals surface area contributed by atoms with Crippen molar-refractivity contribution in [3.05, 3.63) is 182 Å². The van der Waals surface area contributed by atoms with E-state index in [9.17, 15) is 26.0 Å². The topological polar surface area (TPSA) is 228 Å². The summed E-state index contributed by atoms with van der Waals surface area (Å²) in [6.45, 7) is 16.4. The number of aromatic hydroxyl groups is 2. The van der Waals surface area contributed by atoms with Gasteiger partial charge in [0.25, 0.3) is 0 Å². The SMILES string of the molecule is CC1(C)CCCC(C)(C)C1.CCC[CH2][Sn]([CH2]CCC)([CH2]CCC)[c]1occc1C#N.COc1ccc(-c2oc3c(Cl)cc(OC)cc3c2-c2ccoc2C#N)cc1.COc1ccc(-c2oc3c(Cl)cc(OC)cc3c2I)cc1.N#Cc1occc1-c1c(-c2ccc(O)cc2)oc2c(Cl)cc(O)cc12. The molecule has 536 valence electrons. The van der Waals surface area contributed by atoms with Crippen molar-refractivity contribution in [2.75, 3.05) is 28.4 Å². The molecule has 15 nitrogen and oxygen atoms in total. The molecule has 103 heavy (non-hydrogen) atoms. The van der Waals surface area contributed by atoms with Gasteiger partial charge in [0.15, 0.2) is 16.7 Å². The number of unbranched alkanes of at least 4 members (excludes halogenated alkanes) is 3. The standard InChI is InChI=1S/C21H14ClNO4.C19H10ClNO4.C16H12ClIO3.C10H20.C5H2NO.3C4H9.Sn/c1-24-13-5-3-12(4-6-13)20-19(15-7-8-26-18(15)11-23)16-9-14(25-2)10-17(22)21(16)27-20;20-15-8-12(23)7-14-17(13-5-6-24-16(13)9-21)18(25-19(14)15)10-1-3-11(22)4-2-10;1-19-10-5-3-9(4-6-10)15-14(18)12-7-11(20-2)8-13(17)16(12)21-15;1-9(2)6-5-7-10(3,4)8-9;6-3-5-1-2-7-4-5;3*1-3-4-2;/h3-10H,1-2H3;1-8,22-23H;3-8H,1-2H3;5-8H2,1-4H3;1-2H;3*1,3-4H2,2H3;. The van der Waals surface area contributed by atoms with E-state index in [0.717, 1.165) is 57.6 Å². The van der Waals surface area contributed by atoms with Crippen LogP contribution in [0.3, 0.4) is 0 Å². The molecular formula is C83H85Cl3IN3O12Sn. The number of benzene rings is 6. The minimum atomic E-state index is -2.52. The summed E-state index contributed by atoms with van der Waals surface area (Å²) in [6, 6.07) is 43.5. The number of hydrogen-bond donors (Lipinski definition) is 2. The van der Waals surface area contributed by atoms with Gasteiger partial charge < -0.3 is 51.2 Å². The number of ether oxygens (including phenoxy) is 4. The molecule has 6 aromatic carbocycles. The second kappa shape index (κ2) is 35.8. The van der Waals surface area contributed by atoms with Crippen LogP contribution in [0.1, 0.15) is 130 Å². The Bertz CT molecular complexity index is 4930. The molecule has 2 N–H and O–H groups in total. The predicted octanol–water partition coefficient (Wildman–Crippen LogP) is 25.4. The zero-order valence-electron chi connectivity index (χ0n) is 59.9. The second-order valence-electron chi connectivity index (χ2n) is 26.9. The van der Waals surface area contributed by atoms with Gasteiger partial charge in [-0.3, -0.25) is 0 Å². The van der Waals surface area contributed by atoms with Crippen LogP contribution in [0.25, 0.3) is 89.1 Å². The third-order valence-corrected chi connectivity index (χ3v) is 35.4. The molecule has 0 bridgehead atoms. The van der Waals surface area contributed by atoms with Crippen LogP contribution in [-0.4, -0.2) is 57.0 Å². The van der Waals surface area contributed by atoms with Crippen molar-refractivity contribution >= 4 is 112 Å². The van der Waals surface area contributed by atoms with Crippen molar-refractivity contribution in [1.29, 1.82) is 15.8 Å². The molecule has 0 unspecified atom stereocenters. The average molecular weight is 1670 g/mol. The first-order chi connectivity index (χ1) is 49.5. The van der Waals surface area contributed by atoms with E-state index in [4.69, 9.17) is 80.3 Å². The number of nitriles is 3. The number of rotatable bonds is 19. The number of hydrogen-bond acceptors (Lipinski definition) is 15. The minimum absolute atomic E-state index is 0.0150. The molecule has 0 spiro atoms. The quantitative estimate of drug-likeness (QED) is 0.0567. The van der Waals surface area contributed by atoms with Crippen LogP contribution in [0, 0.1) is 48.4 Å². The zero-order valence-corrected chi connectivity index (χ0v) is 67.2. The fourth-order valence-electron chi connectivity index (χ4n) is 13.6. The smallest absolute Gasteiger partial charge is 0.211 e. The van der Waals surface area contributed by atoms with Gasteiger partial charge in [-0.05, 0) is 156 Å². The third-order valence-electron chi connectivity index (χ3n) is 18.4. The first-order valence-electron chi connectivity index (χ1n) is 34.3. The van der Waals surface area contributed by atoms with Gasteiger partial charge in [-0.1, -0.05) is 68.9 Å². The molecule has 1 aliphatic carbocycles. The van der Waals surface area contributed by atoms with Crippen molar-refractivity contribution in [1.82, 2.24) is 0 Å². The van der Waals surface area contributed by atoms with Crippen LogP contribution in [0.2, 0.25) is 28.4 Å². The molecule has 13 rings (SSSR count). The van der Waals surface area contributed by atoms with Gasteiger partial charge in [-0.25, -0.2) is 0 Å². The Morgan fingerprint density at radius 2 is 0.874 bits per heavy atom. The summed E-state index contributed by atoms with van der Waals surface area (Å²) in [7, 11) is 6.44. The first-order valence-corrected chi connectivity index (χ1v) is 44.0.